The van der Waals surface area contributed by atoms with Gasteiger partial charge in [-0.05, 0) is 27.2 Å². The molecule has 21 heavy (non-hydrogen) atoms. The summed E-state index contributed by atoms with van der Waals surface area (Å²) in [4.78, 5) is 29.9. The maximum atomic E-state index is 12.3. The summed E-state index contributed by atoms with van der Waals surface area (Å²) in [5, 5.41) is 2.81. The zero-order chi connectivity index (χ0) is 15.6. The van der Waals surface area contributed by atoms with Crippen LogP contribution in [0.1, 0.15) is 38.1 Å². The number of ether oxygens (including phenoxy) is 2. The van der Waals surface area contributed by atoms with Crippen LogP contribution in [0.15, 0.2) is 11.6 Å². The summed E-state index contributed by atoms with van der Waals surface area (Å²) >= 11 is 1.53. The van der Waals surface area contributed by atoms with E-state index in [9.17, 15) is 9.59 Å². The first-order chi connectivity index (χ1) is 9.81. The molecule has 1 aliphatic heterocycles. The Morgan fingerprint density at radius 2 is 2.14 bits per heavy atom. The molecule has 1 aliphatic rings. The molecule has 2 heterocycles. The zero-order valence-electron chi connectivity index (χ0n) is 12.7. The van der Waals surface area contributed by atoms with Crippen LogP contribution in [0.4, 0.5) is 4.79 Å². The normalized spacial score (nSPS) is 22.2. The van der Waals surface area contributed by atoms with Gasteiger partial charge in [-0.2, -0.15) is 0 Å². The van der Waals surface area contributed by atoms with E-state index in [-0.39, 0.29) is 5.92 Å². The fourth-order valence-corrected chi connectivity index (χ4v) is 3.08. The van der Waals surface area contributed by atoms with E-state index < -0.39 is 23.7 Å². The third-order valence-electron chi connectivity index (χ3n) is 3.20. The van der Waals surface area contributed by atoms with Crippen molar-refractivity contribution in [1.82, 2.24) is 9.88 Å². The maximum absolute atomic E-state index is 12.3. The molecule has 1 aromatic heterocycles. The van der Waals surface area contributed by atoms with Crippen LogP contribution in [0.25, 0.3) is 0 Å². The number of nitrogens with zero attached hydrogens (tertiary/aromatic N) is 2. The van der Waals surface area contributed by atoms with Crippen molar-refractivity contribution in [2.24, 2.45) is 0 Å². The van der Waals surface area contributed by atoms with Gasteiger partial charge in [0.2, 0.25) is 0 Å². The molecule has 0 unspecified atom stereocenters. The van der Waals surface area contributed by atoms with Crippen molar-refractivity contribution in [3.05, 3.63) is 16.6 Å². The maximum Gasteiger partial charge on any atom is 0.411 e. The van der Waals surface area contributed by atoms with Crippen molar-refractivity contribution in [3.8, 4) is 0 Å². The standard InChI is InChI=1S/C14H20N2O4S/c1-14(2,3)20-13(18)16-8-9(11-15-5-6-21-11)7-10(16)12(17)19-4/h5-6,9-10H,7-8H2,1-4H3/t9-,10+/m1/s1. The largest absolute Gasteiger partial charge is 0.467 e. The van der Waals surface area contributed by atoms with Crippen LogP contribution in [0.3, 0.4) is 0 Å². The first-order valence-corrected chi connectivity index (χ1v) is 7.66. The van der Waals surface area contributed by atoms with Crippen molar-refractivity contribution in [1.29, 1.82) is 0 Å². The number of likely N-dealkylation sites (tertiary alicyclic amines) is 1. The van der Waals surface area contributed by atoms with E-state index in [0.29, 0.717) is 13.0 Å². The summed E-state index contributed by atoms with van der Waals surface area (Å²) in [6, 6.07) is -0.612. The van der Waals surface area contributed by atoms with Crippen molar-refractivity contribution < 1.29 is 19.1 Å². The van der Waals surface area contributed by atoms with E-state index in [1.54, 1.807) is 27.0 Å². The first kappa shape index (κ1) is 15.8. The van der Waals surface area contributed by atoms with Crippen LogP contribution < -0.4 is 0 Å². The zero-order valence-corrected chi connectivity index (χ0v) is 13.5. The number of aromatic nitrogens is 1. The molecule has 0 N–H and O–H groups in total. The fourth-order valence-electron chi connectivity index (χ4n) is 2.33. The lowest BCUT2D eigenvalue weighted by Gasteiger charge is -2.27. The van der Waals surface area contributed by atoms with E-state index in [4.69, 9.17) is 9.47 Å². The third-order valence-corrected chi connectivity index (χ3v) is 4.14. The number of carbonyl (C=O) groups excluding carboxylic acids is 2. The molecule has 116 valence electrons. The number of amides is 1. The highest BCUT2D eigenvalue weighted by molar-refractivity contribution is 7.09. The lowest BCUT2D eigenvalue weighted by molar-refractivity contribution is -0.145. The van der Waals surface area contributed by atoms with Crippen LogP contribution in [-0.2, 0) is 14.3 Å². The average molecular weight is 312 g/mol. The lowest BCUT2D eigenvalue weighted by Crippen LogP contribution is -2.43. The summed E-state index contributed by atoms with van der Waals surface area (Å²) < 4.78 is 10.2. The Morgan fingerprint density at radius 1 is 1.43 bits per heavy atom. The molecular formula is C14H20N2O4S. The van der Waals surface area contributed by atoms with E-state index in [2.05, 4.69) is 4.98 Å². The second-order valence-electron chi connectivity index (χ2n) is 5.97. The number of thiazole rings is 1. The number of methoxy groups -OCH3 is 1. The van der Waals surface area contributed by atoms with Crippen molar-refractivity contribution in [2.45, 2.75) is 44.8 Å². The Kier molecular flexibility index (Phi) is 4.51. The monoisotopic (exact) mass is 312 g/mol. The molecule has 0 saturated carbocycles. The van der Waals surface area contributed by atoms with Gasteiger partial charge < -0.3 is 9.47 Å². The predicted molar refractivity (Wildman–Crippen MR) is 78.2 cm³/mol. The lowest BCUT2D eigenvalue weighted by atomic mass is 10.1. The second-order valence-corrected chi connectivity index (χ2v) is 6.90. The number of hydrogen-bond donors (Lipinski definition) is 0. The number of hydrogen-bond acceptors (Lipinski definition) is 6. The van der Waals surface area contributed by atoms with Gasteiger partial charge >= 0.3 is 12.1 Å². The Labute approximate surface area is 128 Å². The van der Waals surface area contributed by atoms with Gasteiger partial charge in [-0.25, -0.2) is 14.6 Å². The van der Waals surface area contributed by atoms with Gasteiger partial charge in [-0.3, -0.25) is 4.90 Å². The van der Waals surface area contributed by atoms with Crippen LogP contribution in [0.5, 0.6) is 0 Å². The van der Waals surface area contributed by atoms with Gasteiger partial charge in [-0.15, -0.1) is 11.3 Å². The van der Waals surface area contributed by atoms with E-state index in [1.807, 2.05) is 5.38 Å². The molecule has 2 rings (SSSR count). The number of esters is 1. The summed E-state index contributed by atoms with van der Waals surface area (Å²) in [6.07, 6.45) is 1.75. The Bertz CT molecular complexity index is 510. The average Bonchev–Trinajstić information content (AvgIpc) is 3.04. The highest BCUT2D eigenvalue weighted by atomic mass is 32.1. The molecule has 2 atom stereocenters. The number of rotatable bonds is 2. The van der Waals surface area contributed by atoms with E-state index in [1.165, 1.54) is 23.3 Å². The molecule has 6 nitrogen and oxygen atoms in total. The quantitative estimate of drug-likeness (QED) is 0.784. The molecule has 1 fully saturated rings. The second kappa shape index (κ2) is 6.01. The van der Waals surface area contributed by atoms with Gasteiger partial charge in [0, 0.05) is 24.0 Å². The molecule has 0 aromatic carbocycles. The highest BCUT2D eigenvalue weighted by Crippen LogP contribution is 2.34. The first-order valence-electron chi connectivity index (χ1n) is 6.78. The summed E-state index contributed by atoms with van der Waals surface area (Å²) in [6.45, 7) is 5.81. The van der Waals surface area contributed by atoms with Crippen molar-refractivity contribution >= 4 is 23.4 Å². The van der Waals surface area contributed by atoms with Crippen molar-refractivity contribution in [3.63, 3.8) is 0 Å². The van der Waals surface area contributed by atoms with Gasteiger partial charge in [0.15, 0.2) is 0 Å². The molecule has 7 heteroatoms. The smallest absolute Gasteiger partial charge is 0.411 e. The minimum atomic E-state index is -0.612. The molecular weight excluding hydrogens is 292 g/mol. The molecule has 0 aliphatic carbocycles. The number of carbonyl (C=O) groups is 2. The summed E-state index contributed by atoms with van der Waals surface area (Å²) in [7, 11) is 1.33. The fraction of sp³-hybridized carbons (Fsp3) is 0.643. The summed E-state index contributed by atoms with van der Waals surface area (Å²) in [5.41, 5.74) is -0.600. The minimum Gasteiger partial charge on any atom is -0.467 e. The van der Waals surface area contributed by atoms with E-state index in [0.717, 1.165) is 5.01 Å². The Morgan fingerprint density at radius 3 is 2.67 bits per heavy atom. The third kappa shape index (κ3) is 3.72. The van der Waals surface area contributed by atoms with Gasteiger partial charge in [0.25, 0.3) is 0 Å². The van der Waals surface area contributed by atoms with Gasteiger partial charge in [0.05, 0.1) is 12.1 Å². The molecule has 0 radical (unpaired) electrons. The molecule has 1 aromatic rings. The molecule has 1 saturated heterocycles. The van der Waals surface area contributed by atoms with Gasteiger partial charge in [-0.1, -0.05) is 0 Å². The molecule has 1 amide bonds. The van der Waals surface area contributed by atoms with Crippen LogP contribution in [-0.4, -0.2) is 47.2 Å². The highest BCUT2D eigenvalue weighted by Gasteiger charge is 2.43. The van der Waals surface area contributed by atoms with Crippen LogP contribution in [0.2, 0.25) is 0 Å². The molecule has 0 bridgehead atoms. The van der Waals surface area contributed by atoms with Gasteiger partial charge in [0.1, 0.15) is 11.6 Å². The van der Waals surface area contributed by atoms with E-state index >= 15 is 0 Å². The molecule has 0 spiro atoms. The Hall–Kier alpha value is -1.63. The predicted octanol–water partition coefficient (Wildman–Crippen LogP) is 2.41. The van der Waals surface area contributed by atoms with Crippen LogP contribution in [0, 0.1) is 0 Å². The topological polar surface area (TPSA) is 68.7 Å². The Balaban J connectivity index is 2.16. The minimum absolute atomic E-state index is 0.0432. The van der Waals surface area contributed by atoms with Crippen LogP contribution >= 0.6 is 11.3 Å². The van der Waals surface area contributed by atoms with Crippen molar-refractivity contribution in [2.75, 3.05) is 13.7 Å². The summed E-state index contributed by atoms with van der Waals surface area (Å²) in [5.74, 6) is -0.374. The SMILES string of the molecule is COC(=O)[C@@H]1C[C@@H](c2nccs2)CN1C(=O)OC(C)(C)C.